The second-order valence-electron chi connectivity index (χ2n) is 6.47. The molecule has 0 spiro atoms. The maximum Gasteiger partial charge on any atom is 0.240 e. The standard InChI is InChI=1S/C15H26N2O3S/c1-12-6-7-14(8-13(12)9-18)21(19,20)16-10-15(2,3)11-17(4)5/h6-8,16,18H,9-11H2,1-5H3. The first-order valence-electron chi connectivity index (χ1n) is 6.92. The highest BCUT2D eigenvalue weighted by Gasteiger charge is 2.23. The quantitative estimate of drug-likeness (QED) is 0.797. The molecular formula is C15H26N2O3S. The van der Waals surface area contributed by atoms with Crippen LogP contribution in [0.5, 0.6) is 0 Å². The number of rotatable bonds is 7. The molecule has 0 heterocycles. The van der Waals surface area contributed by atoms with E-state index in [4.69, 9.17) is 0 Å². The smallest absolute Gasteiger partial charge is 0.240 e. The molecule has 0 atom stereocenters. The molecule has 0 aliphatic heterocycles. The van der Waals surface area contributed by atoms with Crippen molar-refractivity contribution in [3.05, 3.63) is 29.3 Å². The second-order valence-corrected chi connectivity index (χ2v) is 8.24. The molecule has 2 N–H and O–H groups in total. The fourth-order valence-electron chi connectivity index (χ4n) is 2.27. The van der Waals surface area contributed by atoms with Gasteiger partial charge in [0, 0.05) is 13.1 Å². The lowest BCUT2D eigenvalue weighted by molar-refractivity contribution is 0.242. The summed E-state index contributed by atoms with van der Waals surface area (Å²) >= 11 is 0. The van der Waals surface area contributed by atoms with Gasteiger partial charge < -0.3 is 10.0 Å². The maximum absolute atomic E-state index is 12.3. The fraction of sp³-hybridized carbons (Fsp3) is 0.600. The molecule has 0 unspecified atom stereocenters. The van der Waals surface area contributed by atoms with E-state index in [1.807, 2.05) is 39.8 Å². The zero-order chi connectivity index (χ0) is 16.3. The van der Waals surface area contributed by atoms with Crippen LogP contribution in [0.15, 0.2) is 23.1 Å². The van der Waals surface area contributed by atoms with Crippen LogP contribution in [-0.4, -0.2) is 45.6 Å². The average Bonchev–Trinajstić information content (AvgIpc) is 2.35. The number of nitrogens with zero attached hydrogens (tertiary/aromatic N) is 1. The van der Waals surface area contributed by atoms with E-state index >= 15 is 0 Å². The van der Waals surface area contributed by atoms with E-state index in [9.17, 15) is 13.5 Å². The van der Waals surface area contributed by atoms with Crippen molar-refractivity contribution in [1.29, 1.82) is 0 Å². The molecule has 1 aromatic carbocycles. The van der Waals surface area contributed by atoms with Crippen LogP contribution in [0.4, 0.5) is 0 Å². The lowest BCUT2D eigenvalue weighted by Crippen LogP contribution is -2.39. The van der Waals surface area contributed by atoms with Crippen LogP contribution >= 0.6 is 0 Å². The van der Waals surface area contributed by atoms with E-state index in [1.165, 1.54) is 6.07 Å². The molecule has 1 rings (SSSR count). The van der Waals surface area contributed by atoms with Gasteiger partial charge in [0.1, 0.15) is 0 Å². The van der Waals surface area contributed by atoms with Gasteiger partial charge in [0.2, 0.25) is 10.0 Å². The summed E-state index contributed by atoms with van der Waals surface area (Å²) in [6.45, 7) is 6.85. The van der Waals surface area contributed by atoms with E-state index in [0.717, 1.165) is 12.1 Å². The average molecular weight is 314 g/mol. The zero-order valence-corrected chi connectivity index (χ0v) is 14.3. The molecular weight excluding hydrogens is 288 g/mol. The Morgan fingerprint density at radius 2 is 1.90 bits per heavy atom. The Kier molecular flexibility index (Phi) is 5.92. The number of benzene rings is 1. The summed E-state index contributed by atoms with van der Waals surface area (Å²) in [6.07, 6.45) is 0. The summed E-state index contributed by atoms with van der Waals surface area (Å²) in [5.41, 5.74) is 1.34. The second kappa shape index (κ2) is 6.87. The molecule has 0 saturated heterocycles. The highest BCUT2D eigenvalue weighted by Crippen LogP contribution is 2.18. The predicted octanol–water partition coefficient (Wildman–Crippen LogP) is 1.35. The fourth-order valence-corrected chi connectivity index (χ4v) is 3.56. The van der Waals surface area contributed by atoms with Crippen LogP contribution < -0.4 is 4.72 Å². The Labute approximate surface area is 128 Å². The number of aliphatic hydroxyl groups excluding tert-OH is 1. The Bertz CT molecular complexity index is 581. The molecule has 6 heteroatoms. The Balaban J connectivity index is 2.87. The molecule has 0 amide bonds. The van der Waals surface area contributed by atoms with Crippen LogP contribution in [0.1, 0.15) is 25.0 Å². The molecule has 0 aliphatic carbocycles. The van der Waals surface area contributed by atoms with Gasteiger partial charge in [-0.1, -0.05) is 19.9 Å². The van der Waals surface area contributed by atoms with Crippen LogP contribution in [-0.2, 0) is 16.6 Å². The first-order chi connectivity index (χ1) is 9.57. The molecule has 0 fully saturated rings. The number of sulfonamides is 1. The lowest BCUT2D eigenvalue weighted by Gasteiger charge is -2.28. The number of hydrogen-bond acceptors (Lipinski definition) is 4. The molecule has 0 aliphatic rings. The summed E-state index contributed by atoms with van der Waals surface area (Å²) in [7, 11) is 0.366. The number of nitrogens with one attached hydrogen (secondary N) is 1. The van der Waals surface area contributed by atoms with Crippen molar-refractivity contribution in [3.63, 3.8) is 0 Å². The van der Waals surface area contributed by atoms with E-state index in [1.54, 1.807) is 12.1 Å². The van der Waals surface area contributed by atoms with Crippen molar-refractivity contribution in [2.24, 2.45) is 5.41 Å². The minimum absolute atomic E-state index is 0.165. The minimum Gasteiger partial charge on any atom is -0.392 e. The van der Waals surface area contributed by atoms with Gasteiger partial charge in [-0.15, -0.1) is 0 Å². The van der Waals surface area contributed by atoms with Crippen molar-refractivity contribution in [1.82, 2.24) is 9.62 Å². The van der Waals surface area contributed by atoms with Crippen molar-refractivity contribution in [2.45, 2.75) is 32.3 Å². The van der Waals surface area contributed by atoms with Gasteiger partial charge in [-0.3, -0.25) is 0 Å². The summed E-state index contributed by atoms with van der Waals surface area (Å²) < 4.78 is 27.3. The third kappa shape index (κ3) is 5.39. The number of aliphatic hydroxyl groups is 1. The largest absolute Gasteiger partial charge is 0.392 e. The highest BCUT2D eigenvalue weighted by atomic mass is 32.2. The van der Waals surface area contributed by atoms with Crippen LogP contribution in [0.25, 0.3) is 0 Å². The topological polar surface area (TPSA) is 69.6 Å². The highest BCUT2D eigenvalue weighted by molar-refractivity contribution is 7.89. The van der Waals surface area contributed by atoms with Gasteiger partial charge in [0.05, 0.1) is 11.5 Å². The SMILES string of the molecule is Cc1ccc(S(=O)(=O)NCC(C)(C)CN(C)C)cc1CO. The molecule has 0 radical (unpaired) electrons. The van der Waals surface area contributed by atoms with Gasteiger partial charge in [-0.05, 0) is 49.7 Å². The van der Waals surface area contributed by atoms with Crippen LogP contribution in [0.3, 0.4) is 0 Å². The van der Waals surface area contributed by atoms with Crippen molar-refractivity contribution in [3.8, 4) is 0 Å². The van der Waals surface area contributed by atoms with Crippen molar-refractivity contribution >= 4 is 10.0 Å². The number of aryl methyl sites for hydroxylation is 1. The van der Waals surface area contributed by atoms with Gasteiger partial charge in [-0.2, -0.15) is 0 Å². The van der Waals surface area contributed by atoms with Gasteiger partial charge >= 0.3 is 0 Å². The monoisotopic (exact) mass is 314 g/mol. The molecule has 21 heavy (non-hydrogen) atoms. The number of hydrogen-bond donors (Lipinski definition) is 2. The molecule has 5 nitrogen and oxygen atoms in total. The predicted molar refractivity (Wildman–Crippen MR) is 84.6 cm³/mol. The van der Waals surface area contributed by atoms with E-state index in [0.29, 0.717) is 12.1 Å². The molecule has 0 aromatic heterocycles. The van der Waals surface area contributed by atoms with Crippen molar-refractivity contribution in [2.75, 3.05) is 27.2 Å². The summed E-state index contributed by atoms with van der Waals surface area (Å²) in [5.74, 6) is 0. The third-order valence-electron chi connectivity index (χ3n) is 3.29. The molecule has 120 valence electrons. The van der Waals surface area contributed by atoms with Crippen LogP contribution in [0, 0.1) is 12.3 Å². The lowest BCUT2D eigenvalue weighted by atomic mass is 9.93. The Hall–Kier alpha value is -0.950. The molecule has 0 saturated carbocycles. The van der Waals surface area contributed by atoms with E-state index < -0.39 is 10.0 Å². The van der Waals surface area contributed by atoms with E-state index in [-0.39, 0.29) is 16.9 Å². The van der Waals surface area contributed by atoms with Gasteiger partial charge in [0.25, 0.3) is 0 Å². The summed E-state index contributed by atoms with van der Waals surface area (Å²) in [5, 5.41) is 9.25. The first kappa shape index (κ1) is 18.1. The third-order valence-corrected chi connectivity index (χ3v) is 4.69. The van der Waals surface area contributed by atoms with Gasteiger partial charge in [0.15, 0.2) is 0 Å². The maximum atomic E-state index is 12.3. The van der Waals surface area contributed by atoms with Crippen molar-refractivity contribution < 1.29 is 13.5 Å². The summed E-state index contributed by atoms with van der Waals surface area (Å²) in [4.78, 5) is 2.22. The molecule has 0 bridgehead atoms. The minimum atomic E-state index is -3.56. The first-order valence-corrected chi connectivity index (χ1v) is 8.40. The summed E-state index contributed by atoms with van der Waals surface area (Å²) in [6, 6.07) is 4.80. The van der Waals surface area contributed by atoms with E-state index in [2.05, 4.69) is 4.72 Å². The normalized spacial score (nSPS) is 12.9. The van der Waals surface area contributed by atoms with Gasteiger partial charge in [-0.25, -0.2) is 13.1 Å². The molecule has 1 aromatic rings. The Morgan fingerprint density at radius 1 is 1.29 bits per heavy atom. The van der Waals surface area contributed by atoms with Crippen LogP contribution in [0.2, 0.25) is 0 Å². The zero-order valence-electron chi connectivity index (χ0n) is 13.5. The Morgan fingerprint density at radius 3 is 2.43 bits per heavy atom.